The molecule has 2 N–H and O–H groups in total. The zero-order chi connectivity index (χ0) is 12.3. The summed E-state index contributed by atoms with van der Waals surface area (Å²) in [5.41, 5.74) is 6.89. The largest absolute Gasteiger partial charge is 0.467 e. The third kappa shape index (κ3) is 3.98. The van der Waals surface area contributed by atoms with E-state index in [0.29, 0.717) is 6.79 Å². The molecule has 0 radical (unpaired) electrons. The normalized spacial score (nSPS) is 16.9. The first-order valence-electron chi connectivity index (χ1n) is 5.92. The fourth-order valence-corrected chi connectivity index (χ4v) is 1.95. The molecule has 1 aliphatic carbocycles. The highest BCUT2D eigenvalue weighted by molar-refractivity contribution is 9.10. The Balaban J connectivity index is 1.89. The minimum atomic E-state index is -0.0402. The Morgan fingerprint density at radius 2 is 2.24 bits per heavy atom. The second-order valence-electron chi connectivity index (χ2n) is 4.55. The summed E-state index contributed by atoms with van der Waals surface area (Å²) in [4.78, 5) is 0. The second-order valence-corrected chi connectivity index (χ2v) is 5.46. The van der Waals surface area contributed by atoms with Gasteiger partial charge in [-0.1, -0.05) is 22.0 Å². The molecular weight excluding hydrogens is 282 g/mol. The lowest BCUT2D eigenvalue weighted by molar-refractivity contribution is 0.00930. The van der Waals surface area contributed by atoms with Crippen LogP contribution in [0.15, 0.2) is 22.7 Å². The van der Waals surface area contributed by atoms with Crippen molar-refractivity contribution in [3.8, 4) is 5.75 Å². The van der Waals surface area contributed by atoms with Gasteiger partial charge in [0.1, 0.15) is 5.75 Å². The average Bonchev–Trinajstić information content (AvgIpc) is 3.08. The van der Waals surface area contributed by atoms with Crippen molar-refractivity contribution in [1.29, 1.82) is 0 Å². The van der Waals surface area contributed by atoms with Gasteiger partial charge in [-0.15, -0.1) is 0 Å². The number of benzene rings is 1. The summed E-state index contributed by atoms with van der Waals surface area (Å²) >= 11 is 3.43. The van der Waals surface area contributed by atoms with Gasteiger partial charge in [0.15, 0.2) is 6.79 Å². The van der Waals surface area contributed by atoms with E-state index in [2.05, 4.69) is 15.9 Å². The quantitative estimate of drug-likeness (QED) is 0.648. The Kier molecular flexibility index (Phi) is 4.42. The van der Waals surface area contributed by atoms with Gasteiger partial charge in [-0.2, -0.15) is 0 Å². The monoisotopic (exact) mass is 299 g/mol. The van der Waals surface area contributed by atoms with E-state index in [1.165, 1.54) is 12.8 Å². The Morgan fingerprint density at radius 3 is 2.88 bits per heavy atom. The fourth-order valence-electron chi connectivity index (χ4n) is 1.61. The molecule has 0 unspecified atom stereocenters. The van der Waals surface area contributed by atoms with Crippen molar-refractivity contribution in [2.45, 2.75) is 25.8 Å². The lowest BCUT2D eigenvalue weighted by Gasteiger charge is -2.14. The van der Waals surface area contributed by atoms with Crippen molar-refractivity contribution in [3.05, 3.63) is 28.2 Å². The number of halogens is 1. The van der Waals surface area contributed by atoms with Crippen LogP contribution in [-0.2, 0) is 4.74 Å². The minimum absolute atomic E-state index is 0.0402. The maximum Gasteiger partial charge on any atom is 0.189 e. The van der Waals surface area contributed by atoms with E-state index in [1.54, 1.807) is 0 Å². The van der Waals surface area contributed by atoms with Crippen LogP contribution >= 0.6 is 15.9 Å². The van der Waals surface area contributed by atoms with E-state index in [0.717, 1.165) is 28.3 Å². The molecule has 2 rings (SSSR count). The molecule has 0 aromatic heterocycles. The van der Waals surface area contributed by atoms with Crippen molar-refractivity contribution in [3.63, 3.8) is 0 Å². The van der Waals surface area contributed by atoms with Gasteiger partial charge in [-0.3, -0.25) is 0 Å². The molecule has 1 aromatic rings. The van der Waals surface area contributed by atoms with Crippen LogP contribution in [0.2, 0.25) is 0 Å². The van der Waals surface area contributed by atoms with Crippen molar-refractivity contribution in [2.75, 3.05) is 13.4 Å². The molecule has 1 aliphatic rings. The molecule has 0 aliphatic heterocycles. The first-order chi connectivity index (χ1) is 8.16. The summed E-state index contributed by atoms with van der Waals surface area (Å²) in [6.07, 6.45) is 2.59. The standard InChI is InChI=1S/C13H18BrNO2/c1-9(15)12-5-4-11(14)6-13(12)17-8-16-7-10-2-3-10/h4-6,9-10H,2-3,7-8,15H2,1H3/t9-/m0/s1. The molecular formula is C13H18BrNO2. The summed E-state index contributed by atoms with van der Waals surface area (Å²) in [6.45, 7) is 3.05. The number of hydrogen-bond acceptors (Lipinski definition) is 3. The van der Waals surface area contributed by atoms with Gasteiger partial charge >= 0.3 is 0 Å². The predicted octanol–water partition coefficient (Wildman–Crippen LogP) is 3.23. The lowest BCUT2D eigenvalue weighted by atomic mass is 10.1. The van der Waals surface area contributed by atoms with E-state index in [4.69, 9.17) is 15.2 Å². The number of nitrogens with two attached hydrogens (primary N) is 1. The van der Waals surface area contributed by atoms with Crippen LogP contribution in [0.25, 0.3) is 0 Å². The third-order valence-corrected chi connectivity index (χ3v) is 3.31. The van der Waals surface area contributed by atoms with Crippen molar-refractivity contribution >= 4 is 15.9 Å². The van der Waals surface area contributed by atoms with Gasteiger partial charge < -0.3 is 15.2 Å². The molecule has 3 nitrogen and oxygen atoms in total. The lowest BCUT2D eigenvalue weighted by Crippen LogP contribution is -2.10. The van der Waals surface area contributed by atoms with Gasteiger partial charge in [0.05, 0.1) is 6.61 Å². The Bertz CT molecular complexity index is 378. The van der Waals surface area contributed by atoms with E-state index in [1.807, 2.05) is 25.1 Å². The van der Waals surface area contributed by atoms with Crippen molar-refractivity contribution < 1.29 is 9.47 Å². The SMILES string of the molecule is C[C@H](N)c1ccc(Br)cc1OCOCC1CC1. The van der Waals surface area contributed by atoms with Crippen LogP contribution in [0, 0.1) is 5.92 Å². The molecule has 0 amide bonds. The molecule has 1 aromatic carbocycles. The van der Waals surface area contributed by atoms with E-state index in [9.17, 15) is 0 Å². The highest BCUT2D eigenvalue weighted by Gasteiger charge is 2.21. The van der Waals surface area contributed by atoms with Gasteiger partial charge in [0.25, 0.3) is 0 Å². The third-order valence-electron chi connectivity index (χ3n) is 2.81. The molecule has 94 valence electrons. The van der Waals surface area contributed by atoms with Crippen LogP contribution in [0.1, 0.15) is 31.4 Å². The van der Waals surface area contributed by atoms with Crippen LogP contribution in [0.3, 0.4) is 0 Å². The molecule has 1 atom stereocenters. The maximum atomic E-state index is 5.89. The highest BCUT2D eigenvalue weighted by Crippen LogP contribution is 2.30. The zero-order valence-electron chi connectivity index (χ0n) is 9.99. The molecule has 0 heterocycles. The minimum Gasteiger partial charge on any atom is -0.467 e. The first kappa shape index (κ1) is 12.9. The van der Waals surface area contributed by atoms with E-state index < -0.39 is 0 Å². The van der Waals surface area contributed by atoms with Crippen LogP contribution in [0.4, 0.5) is 0 Å². The number of ether oxygens (including phenoxy) is 2. The Morgan fingerprint density at radius 1 is 1.47 bits per heavy atom. The van der Waals surface area contributed by atoms with Crippen molar-refractivity contribution in [1.82, 2.24) is 0 Å². The highest BCUT2D eigenvalue weighted by atomic mass is 79.9. The summed E-state index contributed by atoms with van der Waals surface area (Å²) in [5.74, 6) is 1.55. The molecule has 4 heteroatoms. The fraction of sp³-hybridized carbons (Fsp3) is 0.538. The van der Waals surface area contributed by atoms with Gasteiger partial charge in [-0.05, 0) is 37.8 Å². The Hall–Kier alpha value is -0.580. The molecule has 0 saturated heterocycles. The first-order valence-corrected chi connectivity index (χ1v) is 6.71. The molecule has 1 fully saturated rings. The van der Waals surface area contributed by atoms with E-state index >= 15 is 0 Å². The van der Waals surface area contributed by atoms with Gasteiger partial charge in [0, 0.05) is 16.1 Å². The van der Waals surface area contributed by atoms with Gasteiger partial charge in [0.2, 0.25) is 0 Å². The van der Waals surface area contributed by atoms with Crippen LogP contribution in [0.5, 0.6) is 5.75 Å². The smallest absolute Gasteiger partial charge is 0.189 e. The molecule has 0 spiro atoms. The zero-order valence-corrected chi connectivity index (χ0v) is 11.6. The predicted molar refractivity (Wildman–Crippen MR) is 70.9 cm³/mol. The average molecular weight is 300 g/mol. The number of rotatable bonds is 6. The summed E-state index contributed by atoms with van der Waals surface area (Å²) in [7, 11) is 0. The maximum absolute atomic E-state index is 5.89. The summed E-state index contributed by atoms with van der Waals surface area (Å²) in [6, 6.07) is 5.84. The molecule has 1 saturated carbocycles. The van der Waals surface area contributed by atoms with E-state index in [-0.39, 0.29) is 6.04 Å². The second kappa shape index (κ2) is 5.85. The number of hydrogen-bond donors (Lipinski definition) is 1. The Labute approximate surface area is 110 Å². The molecule has 17 heavy (non-hydrogen) atoms. The summed E-state index contributed by atoms with van der Waals surface area (Å²) in [5, 5.41) is 0. The summed E-state index contributed by atoms with van der Waals surface area (Å²) < 4.78 is 12.1. The van der Waals surface area contributed by atoms with Crippen LogP contribution in [-0.4, -0.2) is 13.4 Å². The topological polar surface area (TPSA) is 44.5 Å². The van der Waals surface area contributed by atoms with Crippen molar-refractivity contribution in [2.24, 2.45) is 11.7 Å². The van der Waals surface area contributed by atoms with Crippen LogP contribution < -0.4 is 10.5 Å². The van der Waals surface area contributed by atoms with Gasteiger partial charge in [-0.25, -0.2) is 0 Å². The molecule has 0 bridgehead atoms.